The van der Waals surface area contributed by atoms with Crippen LogP contribution in [0, 0.1) is 24.0 Å². The molecule has 0 radical (unpaired) electrons. The van der Waals surface area contributed by atoms with Crippen LogP contribution in [0.5, 0.6) is 11.5 Å². The number of benzene rings is 1. The summed E-state index contributed by atoms with van der Waals surface area (Å²) in [5.74, 6) is 0.808. The lowest BCUT2D eigenvalue weighted by Gasteiger charge is -2.11. The van der Waals surface area contributed by atoms with Crippen LogP contribution in [0.1, 0.15) is 23.4 Å². The highest BCUT2D eigenvalue weighted by molar-refractivity contribution is 5.91. The van der Waals surface area contributed by atoms with Gasteiger partial charge in [-0.25, -0.2) is 0 Å². The number of amides is 1. The predicted octanol–water partition coefficient (Wildman–Crippen LogP) is 2.70. The summed E-state index contributed by atoms with van der Waals surface area (Å²) in [6.07, 6.45) is 1.60. The number of ether oxygens (including phenoxy) is 2. The Kier molecular flexibility index (Phi) is 6.53. The Bertz CT molecular complexity index is 1100. The molecule has 1 amide bonds. The second-order valence-corrected chi connectivity index (χ2v) is 6.89. The molecule has 0 atom stereocenters. The summed E-state index contributed by atoms with van der Waals surface area (Å²) in [5, 5.41) is 21.9. The van der Waals surface area contributed by atoms with Gasteiger partial charge in [-0.15, -0.1) is 0 Å². The number of hydrogen-bond donors (Lipinski definition) is 1. The molecule has 0 aliphatic heterocycles. The Morgan fingerprint density at radius 2 is 1.90 bits per heavy atom. The Labute approximate surface area is 178 Å². The number of aromatic nitrogens is 4. The third-order valence-corrected chi connectivity index (χ3v) is 4.81. The minimum Gasteiger partial charge on any atom is -0.493 e. The summed E-state index contributed by atoms with van der Waals surface area (Å²) in [7, 11) is 3.17. The second kappa shape index (κ2) is 9.28. The Morgan fingerprint density at radius 3 is 2.55 bits per heavy atom. The summed E-state index contributed by atoms with van der Waals surface area (Å²) >= 11 is 0. The maximum absolute atomic E-state index is 12.4. The van der Waals surface area contributed by atoms with Crippen molar-refractivity contribution in [3.63, 3.8) is 0 Å². The number of hydrogen-bond acceptors (Lipinski definition) is 7. The van der Waals surface area contributed by atoms with Gasteiger partial charge in [0.2, 0.25) is 5.91 Å². The molecule has 1 aromatic carbocycles. The number of carbonyl (C=O) groups is 1. The van der Waals surface area contributed by atoms with Gasteiger partial charge in [-0.05, 0) is 36.5 Å². The van der Waals surface area contributed by atoms with Crippen LogP contribution in [0.3, 0.4) is 0 Å². The van der Waals surface area contributed by atoms with E-state index in [-0.39, 0.29) is 24.7 Å². The molecular weight excluding hydrogens is 404 g/mol. The maximum atomic E-state index is 12.4. The predicted molar refractivity (Wildman–Crippen MR) is 112 cm³/mol. The molecule has 3 rings (SSSR count). The SMILES string of the molecule is COc1ccc(Cn2nc(C)c(NC(=O)CCn3ccc([N+](=O)[O-])n3)c2C)cc1OC. The molecule has 31 heavy (non-hydrogen) atoms. The third-order valence-electron chi connectivity index (χ3n) is 4.81. The molecule has 1 N–H and O–H groups in total. The molecule has 0 unspecified atom stereocenters. The number of methoxy groups -OCH3 is 2. The van der Waals surface area contributed by atoms with Gasteiger partial charge < -0.3 is 24.9 Å². The fourth-order valence-corrected chi connectivity index (χ4v) is 3.17. The van der Waals surface area contributed by atoms with Crippen molar-refractivity contribution < 1.29 is 19.2 Å². The monoisotopic (exact) mass is 428 g/mol. The molecule has 164 valence electrons. The van der Waals surface area contributed by atoms with Gasteiger partial charge in [0, 0.05) is 6.42 Å². The first-order chi connectivity index (χ1) is 14.8. The highest BCUT2D eigenvalue weighted by Crippen LogP contribution is 2.28. The number of anilines is 1. The van der Waals surface area contributed by atoms with Crippen molar-refractivity contribution in [2.75, 3.05) is 19.5 Å². The van der Waals surface area contributed by atoms with Gasteiger partial charge in [-0.3, -0.25) is 9.48 Å². The number of aryl methyl sites for hydroxylation is 2. The van der Waals surface area contributed by atoms with E-state index in [0.717, 1.165) is 11.3 Å². The summed E-state index contributed by atoms with van der Waals surface area (Å²) in [6.45, 7) is 4.44. The summed E-state index contributed by atoms with van der Waals surface area (Å²) in [6, 6.07) is 6.95. The Hall–Kier alpha value is -3.89. The molecule has 2 heterocycles. The first kappa shape index (κ1) is 21.8. The number of carbonyl (C=O) groups excluding carboxylic acids is 1. The van der Waals surface area contributed by atoms with Crippen molar-refractivity contribution in [2.24, 2.45) is 0 Å². The molecule has 0 saturated carbocycles. The van der Waals surface area contributed by atoms with E-state index in [0.29, 0.717) is 29.4 Å². The van der Waals surface area contributed by atoms with Gasteiger partial charge in [0.25, 0.3) is 0 Å². The molecular formula is C20H24N6O5. The van der Waals surface area contributed by atoms with Crippen molar-refractivity contribution in [3.8, 4) is 11.5 Å². The minimum atomic E-state index is -0.573. The fraction of sp³-hybridized carbons (Fsp3) is 0.350. The van der Waals surface area contributed by atoms with Gasteiger partial charge in [0.1, 0.15) is 0 Å². The average molecular weight is 428 g/mol. The molecule has 0 fully saturated rings. The highest BCUT2D eigenvalue weighted by Gasteiger charge is 2.16. The lowest BCUT2D eigenvalue weighted by atomic mass is 10.2. The molecule has 0 bridgehead atoms. The van der Waals surface area contributed by atoms with E-state index in [2.05, 4.69) is 15.5 Å². The number of nitrogens with zero attached hydrogens (tertiary/aromatic N) is 5. The topological polar surface area (TPSA) is 126 Å². The van der Waals surface area contributed by atoms with Gasteiger partial charge in [0.15, 0.2) is 11.5 Å². The van der Waals surface area contributed by atoms with Crippen molar-refractivity contribution in [1.29, 1.82) is 0 Å². The van der Waals surface area contributed by atoms with Crippen molar-refractivity contribution >= 4 is 17.4 Å². The molecule has 11 nitrogen and oxygen atoms in total. The molecule has 11 heteroatoms. The third kappa shape index (κ3) is 5.00. The molecule has 0 spiro atoms. The van der Waals surface area contributed by atoms with Gasteiger partial charge in [-0.1, -0.05) is 6.07 Å². The van der Waals surface area contributed by atoms with Crippen LogP contribution in [0.4, 0.5) is 11.5 Å². The lowest BCUT2D eigenvalue weighted by molar-refractivity contribution is -0.389. The van der Waals surface area contributed by atoms with E-state index in [1.165, 1.54) is 16.9 Å². The largest absolute Gasteiger partial charge is 0.493 e. The first-order valence-corrected chi connectivity index (χ1v) is 9.55. The number of nitro groups is 1. The lowest BCUT2D eigenvalue weighted by Crippen LogP contribution is -2.16. The molecule has 2 aromatic heterocycles. The van der Waals surface area contributed by atoms with E-state index >= 15 is 0 Å². The van der Waals surface area contributed by atoms with Crippen LogP contribution in [0.2, 0.25) is 0 Å². The maximum Gasteiger partial charge on any atom is 0.389 e. The fourth-order valence-electron chi connectivity index (χ4n) is 3.17. The molecule has 3 aromatic rings. The summed E-state index contributed by atoms with van der Waals surface area (Å²) < 4.78 is 13.8. The standard InChI is InChI=1S/C20H24N6O5/c1-13-20(21-19(27)8-10-24-9-7-18(23-24)26(28)29)14(2)25(22-13)12-15-5-6-16(30-3)17(11-15)31-4/h5-7,9,11H,8,10,12H2,1-4H3,(H,21,27). The molecule has 0 aliphatic rings. The van der Waals surface area contributed by atoms with Crippen LogP contribution in [0.15, 0.2) is 30.5 Å². The Morgan fingerprint density at radius 1 is 1.16 bits per heavy atom. The smallest absolute Gasteiger partial charge is 0.389 e. The Balaban J connectivity index is 1.66. The van der Waals surface area contributed by atoms with Crippen LogP contribution in [0.25, 0.3) is 0 Å². The van der Waals surface area contributed by atoms with E-state index in [9.17, 15) is 14.9 Å². The zero-order valence-electron chi connectivity index (χ0n) is 17.8. The average Bonchev–Trinajstić information content (AvgIpc) is 3.33. The van der Waals surface area contributed by atoms with E-state index in [1.807, 2.05) is 36.7 Å². The van der Waals surface area contributed by atoms with Gasteiger partial charge in [-0.2, -0.15) is 9.78 Å². The zero-order chi connectivity index (χ0) is 22.5. The summed E-state index contributed by atoms with van der Waals surface area (Å²) in [5.41, 5.74) is 3.13. The van der Waals surface area contributed by atoms with E-state index < -0.39 is 4.92 Å². The molecule has 0 aliphatic carbocycles. The normalized spacial score (nSPS) is 10.7. The zero-order valence-corrected chi connectivity index (χ0v) is 17.8. The number of nitrogens with one attached hydrogen (secondary N) is 1. The van der Waals surface area contributed by atoms with Gasteiger partial charge >= 0.3 is 5.82 Å². The molecule has 0 saturated heterocycles. The number of rotatable bonds is 9. The van der Waals surface area contributed by atoms with Crippen molar-refractivity contribution in [2.45, 2.75) is 33.4 Å². The summed E-state index contributed by atoms with van der Waals surface area (Å²) in [4.78, 5) is 22.5. The van der Waals surface area contributed by atoms with Crippen LogP contribution in [-0.2, 0) is 17.9 Å². The minimum absolute atomic E-state index is 0.124. The van der Waals surface area contributed by atoms with Gasteiger partial charge in [0.05, 0.1) is 61.7 Å². The van der Waals surface area contributed by atoms with Crippen molar-refractivity contribution in [3.05, 3.63) is 57.5 Å². The van der Waals surface area contributed by atoms with Crippen LogP contribution < -0.4 is 14.8 Å². The van der Waals surface area contributed by atoms with Crippen LogP contribution >= 0.6 is 0 Å². The quantitative estimate of drug-likeness (QED) is 0.410. The van der Waals surface area contributed by atoms with E-state index in [4.69, 9.17) is 9.47 Å². The van der Waals surface area contributed by atoms with E-state index in [1.54, 1.807) is 14.2 Å². The second-order valence-electron chi connectivity index (χ2n) is 6.89. The highest BCUT2D eigenvalue weighted by atomic mass is 16.6. The first-order valence-electron chi connectivity index (χ1n) is 9.55. The van der Waals surface area contributed by atoms with Crippen molar-refractivity contribution in [1.82, 2.24) is 19.6 Å². The van der Waals surface area contributed by atoms with Crippen LogP contribution in [-0.4, -0.2) is 44.6 Å².